The Morgan fingerprint density at radius 2 is 0.745 bits per heavy atom. The summed E-state index contributed by atoms with van der Waals surface area (Å²) < 4.78 is 16.6. The van der Waals surface area contributed by atoms with E-state index in [-0.39, 0.29) is 31.1 Å². The van der Waals surface area contributed by atoms with E-state index in [0.717, 1.165) is 69.6 Å². The van der Waals surface area contributed by atoms with Gasteiger partial charge in [0, 0.05) is 19.3 Å². The van der Waals surface area contributed by atoms with Crippen molar-refractivity contribution in [2.45, 2.75) is 221 Å². The second-order valence-corrected chi connectivity index (χ2v) is 14.4. The monoisotopic (exact) mass is 667 g/mol. The molecule has 6 heteroatoms. The van der Waals surface area contributed by atoms with Crippen molar-refractivity contribution in [2.24, 2.45) is 11.8 Å². The lowest BCUT2D eigenvalue weighted by molar-refractivity contribution is -0.167. The van der Waals surface area contributed by atoms with Crippen LogP contribution >= 0.6 is 0 Å². The topological polar surface area (TPSA) is 78.9 Å². The van der Waals surface area contributed by atoms with Crippen molar-refractivity contribution >= 4 is 17.9 Å². The lowest BCUT2D eigenvalue weighted by Gasteiger charge is -2.18. The molecule has 0 aliphatic carbocycles. The average molecular weight is 667 g/mol. The molecule has 0 rings (SSSR count). The summed E-state index contributed by atoms with van der Waals surface area (Å²) in [5, 5.41) is 0. The molecule has 3 atom stereocenters. The predicted molar refractivity (Wildman–Crippen MR) is 196 cm³/mol. The molecule has 0 aliphatic heterocycles. The first-order chi connectivity index (χ1) is 22.8. The van der Waals surface area contributed by atoms with Gasteiger partial charge in [-0.1, -0.05) is 176 Å². The second-order valence-electron chi connectivity index (χ2n) is 14.4. The fourth-order valence-electron chi connectivity index (χ4n) is 5.80. The molecule has 0 heterocycles. The number of carbonyl (C=O) groups is 3. The number of hydrogen-bond acceptors (Lipinski definition) is 6. The number of hydrogen-bond donors (Lipinski definition) is 0. The summed E-state index contributed by atoms with van der Waals surface area (Å²) in [5.74, 6) is 0.783. The molecular formula is C41H78O6. The van der Waals surface area contributed by atoms with Crippen LogP contribution in [0.3, 0.4) is 0 Å². The van der Waals surface area contributed by atoms with Gasteiger partial charge in [-0.05, 0) is 31.1 Å². The van der Waals surface area contributed by atoms with Gasteiger partial charge in [-0.2, -0.15) is 0 Å². The van der Waals surface area contributed by atoms with E-state index < -0.39 is 6.10 Å². The number of ether oxygens (including phenoxy) is 3. The molecule has 47 heavy (non-hydrogen) atoms. The summed E-state index contributed by atoms with van der Waals surface area (Å²) in [6, 6.07) is 0. The Bertz CT molecular complexity index is 723. The van der Waals surface area contributed by atoms with Crippen LogP contribution in [-0.2, 0) is 28.6 Å². The Hall–Kier alpha value is -1.59. The highest BCUT2D eigenvalue weighted by Crippen LogP contribution is 2.17. The van der Waals surface area contributed by atoms with Gasteiger partial charge < -0.3 is 14.2 Å². The molecule has 0 spiro atoms. The maximum atomic E-state index is 12.6. The zero-order valence-electron chi connectivity index (χ0n) is 31.9. The molecule has 6 nitrogen and oxygen atoms in total. The number of unbranched alkanes of at least 4 members (excludes halogenated alkanes) is 18. The van der Waals surface area contributed by atoms with Gasteiger partial charge in [0.2, 0.25) is 0 Å². The molecule has 0 saturated carbocycles. The highest BCUT2D eigenvalue weighted by Gasteiger charge is 2.19. The van der Waals surface area contributed by atoms with Crippen molar-refractivity contribution in [3.8, 4) is 0 Å². The van der Waals surface area contributed by atoms with Crippen molar-refractivity contribution in [1.29, 1.82) is 0 Å². The molecule has 0 fully saturated rings. The third-order valence-electron chi connectivity index (χ3n) is 9.69. The van der Waals surface area contributed by atoms with Crippen LogP contribution in [0.2, 0.25) is 0 Å². The van der Waals surface area contributed by atoms with Gasteiger partial charge in [0.15, 0.2) is 6.10 Å². The van der Waals surface area contributed by atoms with Crippen LogP contribution in [0, 0.1) is 11.8 Å². The number of rotatable bonds is 35. The van der Waals surface area contributed by atoms with Crippen molar-refractivity contribution in [2.75, 3.05) is 13.2 Å². The lowest BCUT2D eigenvalue weighted by atomic mass is 9.99. The largest absolute Gasteiger partial charge is 0.462 e. The maximum Gasteiger partial charge on any atom is 0.306 e. The third kappa shape index (κ3) is 32.7. The SMILES string of the molecule is CCCCCCCCCC(=O)OC[C@H](COC(=O)CCCCCCCCCCC(C)CC)OC(=O)CCCCCCCCC(C)CC. The molecule has 0 saturated heterocycles. The van der Waals surface area contributed by atoms with Crippen LogP contribution < -0.4 is 0 Å². The minimum atomic E-state index is -0.759. The summed E-state index contributed by atoms with van der Waals surface area (Å²) in [6.45, 7) is 11.2. The van der Waals surface area contributed by atoms with Crippen LogP contribution in [0.5, 0.6) is 0 Å². The molecule has 0 radical (unpaired) electrons. The van der Waals surface area contributed by atoms with Gasteiger partial charge in [-0.3, -0.25) is 14.4 Å². The molecule has 0 aromatic carbocycles. The van der Waals surface area contributed by atoms with Crippen molar-refractivity contribution in [3.05, 3.63) is 0 Å². The minimum absolute atomic E-state index is 0.0673. The third-order valence-corrected chi connectivity index (χ3v) is 9.69. The minimum Gasteiger partial charge on any atom is -0.462 e. The Labute approximate surface area is 291 Å². The molecule has 0 aromatic heterocycles. The van der Waals surface area contributed by atoms with Crippen LogP contribution in [-0.4, -0.2) is 37.2 Å². The van der Waals surface area contributed by atoms with E-state index in [2.05, 4.69) is 34.6 Å². The van der Waals surface area contributed by atoms with Crippen molar-refractivity contribution < 1.29 is 28.6 Å². The Kier molecular flexibility index (Phi) is 33.1. The number of carbonyl (C=O) groups excluding carboxylic acids is 3. The van der Waals surface area contributed by atoms with E-state index in [4.69, 9.17) is 14.2 Å². The highest BCUT2D eigenvalue weighted by atomic mass is 16.6. The Balaban J connectivity index is 4.35. The standard InChI is InChI=1S/C41H78O6/c1-6-9-10-11-14-21-26-31-39(42)45-34-38(47-41(44)33-28-23-18-17-20-25-30-37(5)8-3)35-46-40(43)32-27-22-16-13-12-15-19-24-29-36(4)7-2/h36-38H,6-35H2,1-5H3/t36?,37?,38-/m1/s1. The van der Waals surface area contributed by atoms with Crippen molar-refractivity contribution in [3.63, 3.8) is 0 Å². The Morgan fingerprint density at radius 3 is 1.11 bits per heavy atom. The summed E-state index contributed by atoms with van der Waals surface area (Å²) in [5.41, 5.74) is 0. The van der Waals surface area contributed by atoms with E-state index >= 15 is 0 Å². The zero-order valence-corrected chi connectivity index (χ0v) is 31.9. The Morgan fingerprint density at radius 1 is 0.426 bits per heavy atom. The molecule has 278 valence electrons. The molecule has 0 bridgehead atoms. The molecule has 0 N–H and O–H groups in total. The fourth-order valence-corrected chi connectivity index (χ4v) is 5.80. The van der Waals surface area contributed by atoms with E-state index in [1.54, 1.807) is 0 Å². The van der Waals surface area contributed by atoms with Crippen LogP contribution in [0.25, 0.3) is 0 Å². The summed E-state index contributed by atoms with van der Waals surface area (Å²) in [4.78, 5) is 37.4. The lowest BCUT2D eigenvalue weighted by Crippen LogP contribution is -2.30. The number of esters is 3. The van der Waals surface area contributed by atoms with Gasteiger partial charge >= 0.3 is 17.9 Å². The molecule has 0 amide bonds. The van der Waals surface area contributed by atoms with E-state index in [9.17, 15) is 14.4 Å². The fraction of sp³-hybridized carbons (Fsp3) is 0.927. The summed E-state index contributed by atoms with van der Waals surface area (Å²) in [7, 11) is 0. The molecule has 0 aromatic rings. The van der Waals surface area contributed by atoms with Crippen LogP contribution in [0.15, 0.2) is 0 Å². The predicted octanol–water partition coefficient (Wildman–Crippen LogP) is 12.2. The van der Waals surface area contributed by atoms with Gasteiger partial charge in [0.05, 0.1) is 0 Å². The average Bonchev–Trinajstić information content (AvgIpc) is 3.07. The van der Waals surface area contributed by atoms with E-state index in [1.165, 1.54) is 103 Å². The quantitative estimate of drug-likeness (QED) is 0.0380. The van der Waals surface area contributed by atoms with E-state index in [1.807, 2.05) is 0 Å². The smallest absolute Gasteiger partial charge is 0.306 e. The van der Waals surface area contributed by atoms with Gasteiger partial charge in [-0.25, -0.2) is 0 Å². The summed E-state index contributed by atoms with van der Waals surface area (Å²) in [6.07, 6.45) is 29.5. The van der Waals surface area contributed by atoms with Crippen LogP contribution in [0.1, 0.15) is 214 Å². The van der Waals surface area contributed by atoms with Gasteiger partial charge in [0.1, 0.15) is 13.2 Å². The van der Waals surface area contributed by atoms with Gasteiger partial charge in [0.25, 0.3) is 0 Å². The molecular weight excluding hydrogens is 588 g/mol. The normalized spacial score (nSPS) is 13.2. The molecule has 0 aliphatic rings. The second kappa shape index (κ2) is 34.3. The first-order valence-corrected chi connectivity index (χ1v) is 20.3. The summed E-state index contributed by atoms with van der Waals surface area (Å²) >= 11 is 0. The molecule has 2 unspecified atom stereocenters. The van der Waals surface area contributed by atoms with Crippen LogP contribution in [0.4, 0.5) is 0 Å². The first-order valence-electron chi connectivity index (χ1n) is 20.3. The zero-order chi connectivity index (χ0) is 34.8. The first kappa shape index (κ1) is 45.4. The highest BCUT2D eigenvalue weighted by molar-refractivity contribution is 5.71. The maximum absolute atomic E-state index is 12.6. The van der Waals surface area contributed by atoms with Crippen molar-refractivity contribution in [1.82, 2.24) is 0 Å². The van der Waals surface area contributed by atoms with E-state index in [0.29, 0.717) is 19.3 Å². The van der Waals surface area contributed by atoms with Gasteiger partial charge in [-0.15, -0.1) is 0 Å².